The third kappa shape index (κ3) is 2.24. The van der Waals surface area contributed by atoms with Gasteiger partial charge in [0.05, 0.1) is 0 Å². The largest absolute Gasteiger partial charge is 0.332 e. The summed E-state index contributed by atoms with van der Waals surface area (Å²) in [6.07, 6.45) is 5.28. The molecular formula is C13H16BrN3. The quantitative estimate of drug-likeness (QED) is 0.923. The van der Waals surface area contributed by atoms with E-state index in [9.17, 15) is 0 Å². The summed E-state index contributed by atoms with van der Waals surface area (Å²) >= 11 is 3.46. The summed E-state index contributed by atoms with van der Waals surface area (Å²) in [7, 11) is 0. The summed E-state index contributed by atoms with van der Waals surface area (Å²) in [5, 5.41) is 4.70. The average Bonchev–Trinajstić information content (AvgIpc) is 2.86. The molecule has 1 N–H and O–H groups in total. The van der Waals surface area contributed by atoms with Crippen molar-refractivity contribution in [2.75, 3.05) is 6.54 Å². The molecule has 2 aromatic rings. The predicted octanol–water partition coefficient (Wildman–Crippen LogP) is 2.80. The maximum absolute atomic E-state index is 4.50. The second-order valence-electron chi connectivity index (χ2n) is 4.95. The molecule has 0 spiro atoms. The van der Waals surface area contributed by atoms with Gasteiger partial charge in [-0.1, -0.05) is 0 Å². The lowest BCUT2D eigenvalue weighted by molar-refractivity contribution is 0.481. The van der Waals surface area contributed by atoms with Gasteiger partial charge in [0.1, 0.15) is 5.65 Å². The topological polar surface area (TPSA) is 29.9 Å². The van der Waals surface area contributed by atoms with E-state index in [1.165, 1.54) is 11.8 Å². The number of nitrogens with zero attached hydrogens (tertiary/aromatic N) is 2. The Hall–Kier alpha value is -0.870. The van der Waals surface area contributed by atoms with Crippen molar-refractivity contribution in [1.82, 2.24) is 14.9 Å². The summed E-state index contributed by atoms with van der Waals surface area (Å²) in [5.41, 5.74) is 1.09. The molecule has 0 radical (unpaired) electrons. The number of halogens is 1. The lowest BCUT2D eigenvalue weighted by atomic mass is 10.1. The van der Waals surface area contributed by atoms with E-state index in [1.807, 2.05) is 6.20 Å². The van der Waals surface area contributed by atoms with Gasteiger partial charge in [0.25, 0.3) is 0 Å². The van der Waals surface area contributed by atoms with Gasteiger partial charge in [0, 0.05) is 34.8 Å². The van der Waals surface area contributed by atoms with Gasteiger partial charge >= 0.3 is 0 Å². The van der Waals surface area contributed by atoms with Crippen molar-refractivity contribution in [2.45, 2.75) is 25.9 Å². The van der Waals surface area contributed by atoms with Crippen LogP contribution in [0, 0.1) is 5.92 Å². The summed E-state index contributed by atoms with van der Waals surface area (Å²) < 4.78 is 3.31. The Labute approximate surface area is 109 Å². The van der Waals surface area contributed by atoms with Crippen LogP contribution in [0.25, 0.3) is 11.0 Å². The lowest BCUT2D eigenvalue weighted by Crippen LogP contribution is -2.17. The Balaban J connectivity index is 1.85. The molecule has 1 saturated heterocycles. The molecule has 3 heterocycles. The van der Waals surface area contributed by atoms with Crippen LogP contribution in [0.3, 0.4) is 0 Å². The first kappa shape index (κ1) is 11.2. The lowest BCUT2D eigenvalue weighted by Gasteiger charge is -2.10. The van der Waals surface area contributed by atoms with Crippen LogP contribution in [-0.4, -0.2) is 22.1 Å². The zero-order chi connectivity index (χ0) is 11.8. The Morgan fingerprint density at radius 2 is 2.47 bits per heavy atom. The molecule has 1 fully saturated rings. The summed E-state index contributed by atoms with van der Waals surface area (Å²) in [4.78, 5) is 4.50. The standard InChI is InChI=1S/C13H16BrN3/c1-9-4-10(6-15-9)8-17-3-2-11-5-12(14)7-16-13(11)17/h2-3,5,7,9-10,15H,4,6,8H2,1H3. The van der Waals surface area contributed by atoms with Gasteiger partial charge in [-0.15, -0.1) is 0 Å². The van der Waals surface area contributed by atoms with E-state index in [0.29, 0.717) is 6.04 Å². The van der Waals surface area contributed by atoms with Gasteiger partial charge in [-0.25, -0.2) is 4.98 Å². The first-order valence-corrected chi connectivity index (χ1v) is 6.85. The van der Waals surface area contributed by atoms with Crippen LogP contribution in [0.1, 0.15) is 13.3 Å². The summed E-state index contributed by atoms with van der Waals surface area (Å²) in [5.74, 6) is 0.728. The molecule has 3 rings (SSSR count). The highest BCUT2D eigenvalue weighted by atomic mass is 79.9. The van der Waals surface area contributed by atoms with Crippen molar-refractivity contribution < 1.29 is 0 Å². The van der Waals surface area contributed by atoms with Gasteiger partial charge in [0.15, 0.2) is 0 Å². The average molecular weight is 294 g/mol. The van der Waals surface area contributed by atoms with E-state index in [0.717, 1.165) is 29.1 Å². The molecule has 2 aromatic heterocycles. The molecule has 4 heteroatoms. The molecule has 0 saturated carbocycles. The van der Waals surface area contributed by atoms with E-state index >= 15 is 0 Å². The zero-order valence-corrected chi connectivity index (χ0v) is 11.4. The number of nitrogens with one attached hydrogen (secondary N) is 1. The van der Waals surface area contributed by atoms with Crippen LogP contribution >= 0.6 is 15.9 Å². The van der Waals surface area contributed by atoms with Crippen molar-refractivity contribution in [3.8, 4) is 0 Å². The highest BCUT2D eigenvalue weighted by molar-refractivity contribution is 9.10. The zero-order valence-electron chi connectivity index (χ0n) is 9.86. The number of pyridine rings is 1. The Morgan fingerprint density at radius 1 is 1.59 bits per heavy atom. The summed E-state index contributed by atoms with van der Waals surface area (Å²) in [6, 6.07) is 4.91. The van der Waals surface area contributed by atoms with E-state index in [2.05, 4.69) is 56.1 Å². The molecule has 90 valence electrons. The van der Waals surface area contributed by atoms with Crippen LogP contribution in [0.15, 0.2) is 29.0 Å². The van der Waals surface area contributed by atoms with Gasteiger partial charge in [0.2, 0.25) is 0 Å². The van der Waals surface area contributed by atoms with Gasteiger partial charge < -0.3 is 9.88 Å². The van der Waals surface area contributed by atoms with E-state index < -0.39 is 0 Å². The normalized spacial score (nSPS) is 24.6. The van der Waals surface area contributed by atoms with Crippen LogP contribution in [0.4, 0.5) is 0 Å². The Kier molecular flexibility index (Phi) is 2.92. The maximum Gasteiger partial charge on any atom is 0.139 e. The van der Waals surface area contributed by atoms with Crippen molar-refractivity contribution in [3.05, 3.63) is 29.0 Å². The van der Waals surface area contributed by atoms with Crippen LogP contribution < -0.4 is 5.32 Å². The van der Waals surface area contributed by atoms with Gasteiger partial charge in [-0.05, 0) is 53.9 Å². The number of hydrogen-bond donors (Lipinski definition) is 1. The van der Waals surface area contributed by atoms with E-state index in [-0.39, 0.29) is 0 Å². The van der Waals surface area contributed by atoms with Crippen molar-refractivity contribution in [2.24, 2.45) is 5.92 Å². The van der Waals surface area contributed by atoms with Crippen LogP contribution in [0.5, 0.6) is 0 Å². The summed E-state index contributed by atoms with van der Waals surface area (Å²) in [6.45, 7) is 4.44. The number of hydrogen-bond acceptors (Lipinski definition) is 2. The van der Waals surface area contributed by atoms with Crippen molar-refractivity contribution in [1.29, 1.82) is 0 Å². The third-order valence-electron chi connectivity index (χ3n) is 3.46. The molecule has 2 atom stereocenters. The second-order valence-corrected chi connectivity index (χ2v) is 5.86. The predicted molar refractivity (Wildman–Crippen MR) is 73.0 cm³/mol. The Bertz CT molecular complexity index is 534. The van der Waals surface area contributed by atoms with Crippen LogP contribution in [0.2, 0.25) is 0 Å². The molecule has 3 nitrogen and oxygen atoms in total. The minimum Gasteiger partial charge on any atom is -0.332 e. The third-order valence-corrected chi connectivity index (χ3v) is 3.90. The molecule has 2 unspecified atom stereocenters. The SMILES string of the molecule is CC1CC(Cn2ccc3cc(Br)cnc32)CN1. The molecule has 1 aliphatic rings. The van der Waals surface area contributed by atoms with E-state index in [1.54, 1.807) is 0 Å². The highest BCUT2D eigenvalue weighted by Gasteiger charge is 2.21. The number of aromatic nitrogens is 2. The van der Waals surface area contributed by atoms with Crippen molar-refractivity contribution >= 4 is 27.0 Å². The first-order valence-electron chi connectivity index (χ1n) is 6.06. The fraction of sp³-hybridized carbons (Fsp3) is 0.462. The van der Waals surface area contributed by atoms with Gasteiger partial charge in [-0.2, -0.15) is 0 Å². The number of rotatable bonds is 2. The Morgan fingerprint density at radius 3 is 3.24 bits per heavy atom. The molecule has 0 aliphatic carbocycles. The fourth-order valence-corrected chi connectivity index (χ4v) is 3.00. The highest BCUT2D eigenvalue weighted by Crippen LogP contribution is 2.21. The second kappa shape index (κ2) is 4.42. The van der Waals surface area contributed by atoms with E-state index in [4.69, 9.17) is 0 Å². The minimum atomic E-state index is 0.656. The molecule has 0 aromatic carbocycles. The molecule has 0 bridgehead atoms. The van der Waals surface area contributed by atoms with Gasteiger partial charge in [-0.3, -0.25) is 0 Å². The number of fused-ring (bicyclic) bond motifs is 1. The molecule has 0 amide bonds. The molecule has 17 heavy (non-hydrogen) atoms. The first-order chi connectivity index (χ1) is 8.22. The van der Waals surface area contributed by atoms with Crippen molar-refractivity contribution in [3.63, 3.8) is 0 Å². The van der Waals surface area contributed by atoms with Crippen LogP contribution in [-0.2, 0) is 6.54 Å². The molecule has 1 aliphatic heterocycles. The minimum absolute atomic E-state index is 0.656. The smallest absolute Gasteiger partial charge is 0.139 e. The monoisotopic (exact) mass is 293 g/mol. The maximum atomic E-state index is 4.50. The molecular weight excluding hydrogens is 278 g/mol. The fourth-order valence-electron chi connectivity index (χ4n) is 2.65.